The van der Waals surface area contributed by atoms with Crippen molar-refractivity contribution >= 4 is 5.97 Å². The van der Waals surface area contributed by atoms with Crippen LogP contribution in [0.5, 0.6) is 0 Å². The third-order valence-electron chi connectivity index (χ3n) is 4.52. The van der Waals surface area contributed by atoms with Crippen LogP contribution < -0.4 is 0 Å². The molecule has 0 aliphatic heterocycles. The minimum atomic E-state index is -6.63. The second kappa shape index (κ2) is 8.80. The van der Waals surface area contributed by atoms with Crippen molar-refractivity contribution in [1.82, 2.24) is 9.97 Å². The molecule has 1 aromatic heterocycles. The highest BCUT2D eigenvalue weighted by molar-refractivity contribution is 5.98. The van der Waals surface area contributed by atoms with Gasteiger partial charge in [-0.15, -0.1) is 0 Å². The standard InChI is InChI=1S/C22H15F7N2O2/c1-2-33-19(32)15-16(13-9-5-3-6-10-13)30-18(14-11-7-4-8-12-14)31-17(15)20(23,24)21(25,26)22(27,28)29/h3-12H,2H2,1H3. The van der Waals surface area contributed by atoms with Gasteiger partial charge in [0.25, 0.3) is 0 Å². The first kappa shape index (κ1) is 24.1. The van der Waals surface area contributed by atoms with E-state index in [1.807, 2.05) is 0 Å². The molecule has 3 rings (SSSR count). The summed E-state index contributed by atoms with van der Waals surface area (Å²) >= 11 is 0. The van der Waals surface area contributed by atoms with Crippen molar-refractivity contribution in [2.75, 3.05) is 6.61 Å². The van der Waals surface area contributed by atoms with Crippen LogP contribution in [0.1, 0.15) is 23.0 Å². The minimum Gasteiger partial charge on any atom is -0.462 e. The van der Waals surface area contributed by atoms with Gasteiger partial charge in [0, 0.05) is 11.1 Å². The highest BCUT2D eigenvalue weighted by Crippen LogP contribution is 2.52. The molecule has 0 bridgehead atoms. The first-order valence-corrected chi connectivity index (χ1v) is 9.44. The van der Waals surface area contributed by atoms with Crippen LogP contribution in [-0.4, -0.2) is 34.6 Å². The number of hydrogen-bond donors (Lipinski definition) is 0. The number of halogens is 7. The molecular weight excluding hydrogens is 457 g/mol. The highest BCUT2D eigenvalue weighted by atomic mass is 19.4. The Hall–Kier alpha value is -3.50. The van der Waals surface area contributed by atoms with Crippen LogP contribution in [0.15, 0.2) is 60.7 Å². The topological polar surface area (TPSA) is 52.1 Å². The maximum atomic E-state index is 14.9. The average Bonchev–Trinajstić information content (AvgIpc) is 2.78. The van der Waals surface area contributed by atoms with Gasteiger partial charge >= 0.3 is 24.0 Å². The van der Waals surface area contributed by atoms with Gasteiger partial charge < -0.3 is 4.74 Å². The van der Waals surface area contributed by atoms with Crippen LogP contribution in [0, 0.1) is 0 Å². The van der Waals surface area contributed by atoms with Gasteiger partial charge in [-0.2, -0.15) is 30.7 Å². The average molecular weight is 472 g/mol. The molecule has 11 heteroatoms. The van der Waals surface area contributed by atoms with E-state index in [0.29, 0.717) is 0 Å². The van der Waals surface area contributed by atoms with Crippen molar-refractivity contribution in [3.63, 3.8) is 0 Å². The molecular formula is C22H15F7N2O2. The number of hydrogen-bond acceptors (Lipinski definition) is 4. The summed E-state index contributed by atoms with van der Waals surface area (Å²) in [4.78, 5) is 20.0. The number of aromatic nitrogens is 2. The number of nitrogens with zero attached hydrogens (tertiary/aromatic N) is 2. The molecule has 0 saturated carbocycles. The van der Waals surface area contributed by atoms with Crippen LogP contribution >= 0.6 is 0 Å². The predicted octanol–water partition coefficient (Wildman–Crippen LogP) is 6.28. The van der Waals surface area contributed by atoms with Crippen LogP contribution in [0.25, 0.3) is 22.6 Å². The SMILES string of the molecule is CCOC(=O)c1c(-c2ccccc2)nc(-c2ccccc2)nc1C(F)(F)C(F)(F)C(F)(F)F. The Kier molecular flexibility index (Phi) is 6.44. The normalized spacial score (nSPS) is 12.5. The van der Waals surface area contributed by atoms with Crippen molar-refractivity contribution in [2.45, 2.75) is 24.9 Å². The first-order chi connectivity index (χ1) is 15.4. The van der Waals surface area contributed by atoms with Crippen LogP contribution in [0.2, 0.25) is 0 Å². The van der Waals surface area contributed by atoms with Gasteiger partial charge in [0.1, 0.15) is 11.3 Å². The van der Waals surface area contributed by atoms with Crippen molar-refractivity contribution in [3.05, 3.63) is 71.9 Å². The molecule has 33 heavy (non-hydrogen) atoms. The molecule has 1 heterocycles. The molecule has 3 aromatic rings. The Morgan fingerprint density at radius 3 is 1.82 bits per heavy atom. The lowest BCUT2D eigenvalue weighted by molar-refractivity contribution is -0.360. The number of rotatable bonds is 6. The fraction of sp³-hybridized carbons (Fsp3) is 0.227. The smallest absolute Gasteiger partial charge is 0.460 e. The Morgan fingerprint density at radius 1 is 0.818 bits per heavy atom. The maximum Gasteiger partial charge on any atom is 0.460 e. The number of benzene rings is 2. The van der Waals surface area contributed by atoms with Gasteiger partial charge in [0.15, 0.2) is 5.82 Å². The predicted molar refractivity (Wildman–Crippen MR) is 104 cm³/mol. The molecule has 0 atom stereocenters. The fourth-order valence-corrected chi connectivity index (χ4v) is 2.93. The molecule has 0 spiro atoms. The summed E-state index contributed by atoms with van der Waals surface area (Å²) in [5, 5.41) is 0. The lowest BCUT2D eigenvalue weighted by atomic mass is 9.97. The van der Waals surface area contributed by atoms with Crippen molar-refractivity contribution in [1.29, 1.82) is 0 Å². The molecule has 0 aliphatic rings. The Morgan fingerprint density at radius 2 is 1.33 bits per heavy atom. The number of carbonyl (C=O) groups excluding carboxylic acids is 1. The van der Waals surface area contributed by atoms with E-state index < -0.39 is 46.8 Å². The van der Waals surface area contributed by atoms with E-state index >= 15 is 0 Å². The lowest BCUT2D eigenvalue weighted by Crippen LogP contribution is -2.51. The van der Waals surface area contributed by atoms with Gasteiger partial charge in [-0.3, -0.25) is 0 Å². The van der Waals surface area contributed by atoms with Gasteiger partial charge in [-0.1, -0.05) is 60.7 Å². The Bertz CT molecular complexity index is 1130. The summed E-state index contributed by atoms with van der Waals surface area (Å²) < 4.78 is 101. The van der Waals surface area contributed by atoms with E-state index in [1.165, 1.54) is 55.5 Å². The Balaban J connectivity index is 2.45. The molecule has 0 aliphatic carbocycles. The second-order valence-electron chi connectivity index (χ2n) is 6.72. The van der Waals surface area contributed by atoms with Crippen molar-refractivity contribution < 1.29 is 40.3 Å². The zero-order chi connectivity index (χ0) is 24.4. The van der Waals surface area contributed by atoms with Gasteiger partial charge in [0.05, 0.1) is 12.3 Å². The van der Waals surface area contributed by atoms with E-state index in [1.54, 1.807) is 12.1 Å². The number of carbonyl (C=O) groups is 1. The summed E-state index contributed by atoms with van der Waals surface area (Å²) in [6.07, 6.45) is -6.63. The molecule has 4 nitrogen and oxygen atoms in total. The maximum absolute atomic E-state index is 14.9. The van der Waals surface area contributed by atoms with E-state index in [2.05, 4.69) is 9.97 Å². The molecule has 0 radical (unpaired) electrons. The van der Waals surface area contributed by atoms with Gasteiger partial charge in [0.2, 0.25) is 0 Å². The van der Waals surface area contributed by atoms with E-state index in [0.717, 1.165) is 0 Å². The minimum absolute atomic E-state index is 0.00695. The van der Waals surface area contributed by atoms with Gasteiger partial charge in [-0.25, -0.2) is 14.8 Å². The van der Waals surface area contributed by atoms with Crippen LogP contribution in [0.3, 0.4) is 0 Å². The van der Waals surface area contributed by atoms with Crippen molar-refractivity contribution in [2.24, 2.45) is 0 Å². The molecule has 0 saturated heterocycles. The molecule has 0 fully saturated rings. The summed E-state index contributed by atoms with van der Waals surface area (Å²) in [5.74, 6) is -14.6. The second-order valence-corrected chi connectivity index (χ2v) is 6.72. The first-order valence-electron chi connectivity index (χ1n) is 9.44. The zero-order valence-electron chi connectivity index (χ0n) is 16.8. The van der Waals surface area contributed by atoms with Crippen molar-refractivity contribution in [3.8, 4) is 22.6 Å². The van der Waals surface area contributed by atoms with E-state index in [-0.39, 0.29) is 17.7 Å². The molecule has 0 N–H and O–H groups in total. The number of ether oxygens (including phenoxy) is 1. The van der Waals surface area contributed by atoms with E-state index in [4.69, 9.17) is 4.74 Å². The zero-order valence-corrected chi connectivity index (χ0v) is 16.8. The summed E-state index contributed by atoms with van der Waals surface area (Å²) in [7, 11) is 0. The monoisotopic (exact) mass is 472 g/mol. The largest absolute Gasteiger partial charge is 0.462 e. The summed E-state index contributed by atoms with van der Waals surface area (Å²) in [6.45, 7) is 0.940. The Labute approximate surface area is 183 Å². The number of esters is 1. The third kappa shape index (κ3) is 4.39. The lowest BCUT2D eigenvalue weighted by Gasteiger charge is -2.29. The third-order valence-corrected chi connectivity index (χ3v) is 4.52. The summed E-state index contributed by atoms with van der Waals surface area (Å²) in [5.41, 5.74) is -3.88. The molecule has 0 amide bonds. The van der Waals surface area contributed by atoms with Crippen LogP contribution in [-0.2, 0) is 10.7 Å². The molecule has 0 unspecified atom stereocenters. The van der Waals surface area contributed by atoms with Crippen LogP contribution in [0.4, 0.5) is 30.7 Å². The highest BCUT2D eigenvalue weighted by Gasteiger charge is 2.75. The number of alkyl halides is 7. The van der Waals surface area contributed by atoms with Gasteiger partial charge in [-0.05, 0) is 6.92 Å². The summed E-state index contributed by atoms with van der Waals surface area (Å²) in [6, 6.07) is 14.2. The van der Waals surface area contributed by atoms with E-state index in [9.17, 15) is 35.5 Å². The molecule has 2 aromatic carbocycles. The fourth-order valence-electron chi connectivity index (χ4n) is 2.93. The molecule has 174 valence electrons. The quantitative estimate of drug-likeness (QED) is 0.313.